The van der Waals surface area contributed by atoms with Crippen LogP contribution in [-0.2, 0) is 0 Å². The van der Waals surface area contributed by atoms with Crippen molar-refractivity contribution in [3.8, 4) is 0 Å². The van der Waals surface area contributed by atoms with Gasteiger partial charge in [-0.05, 0) is 11.8 Å². The van der Waals surface area contributed by atoms with Crippen molar-refractivity contribution >= 4 is 0 Å². The molecule has 2 atom stereocenters. The Morgan fingerprint density at radius 3 is 1.47 bits per heavy atom. The van der Waals surface area contributed by atoms with E-state index in [9.17, 15) is 0 Å². The average molecular weight is 212 g/mol. The Bertz CT molecular complexity index is 117. The highest BCUT2D eigenvalue weighted by Gasteiger charge is 2.16. The van der Waals surface area contributed by atoms with Gasteiger partial charge in [-0.25, -0.2) is 0 Å². The van der Waals surface area contributed by atoms with Crippen LogP contribution in [-0.4, -0.2) is 0 Å². The van der Waals surface area contributed by atoms with E-state index in [-0.39, 0.29) is 0 Å². The Morgan fingerprint density at radius 2 is 1.07 bits per heavy atom. The minimum atomic E-state index is 1.01. The van der Waals surface area contributed by atoms with Crippen molar-refractivity contribution in [1.82, 2.24) is 0 Å². The second kappa shape index (κ2) is 10.5. The van der Waals surface area contributed by atoms with E-state index in [1.54, 1.807) is 0 Å². The monoisotopic (exact) mass is 212 g/mol. The van der Waals surface area contributed by atoms with E-state index in [1.807, 2.05) is 0 Å². The summed E-state index contributed by atoms with van der Waals surface area (Å²) >= 11 is 0. The molecule has 2 unspecified atom stereocenters. The molecule has 0 fully saturated rings. The Labute approximate surface area is 97.8 Å². The molecule has 15 heavy (non-hydrogen) atoms. The summed E-state index contributed by atoms with van der Waals surface area (Å²) in [5.41, 5.74) is 0. The molecule has 0 aromatic heterocycles. The quantitative estimate of drug-likeness (QED) is 0.401. The average Bonchev–Trinajstić information content (AvgIpc) is 2.27. The van der Waals surface area contributed by atoms with Crippen molar-refractivity contribution < 1.29 is 0 Å². The Balaban J connectivity index is 3.85. The first kappa shape index (κ1) is 15.0. The summed E-state index contributed by atoms with van der Waals surface area (Å²) in [4.78, 5) is 0. The third-order valence-corrected chi connectivity index (χ3v) is 3.82. The smallest absolute Gasteiger partial charge is 0.0389 e. The molecule has 0 heterocycles. The second-order valence-electron chi connectivity index (χ2n) is 4.97. The zero-order valence-electron chi connectivity index (χ0n) is 11.5. The van der Waals surface area contributed by atoms with Crippen LogP contribution < -0.4 is 0 Å². The Morgan fingerprint density at radius 1 is 0.600 bits per heavy atom. The molecule has 0 saturated heterocycles. The first-order valence-corrected chi connectivity index (χ1v) is 7.29. The molecule has 0 bridgehead atoms. The van der Waals surface area contributed by atoms with Crippen molar-refractivity contribution in [1.29, 1.82) is 0 Å². The highest BCUT2D eigenvalue weighted by Crippen LogP contribution is 2.29. The van der Waals surface area contributed by atoms with Gasteiger partial charge in [0, 0.05) is 0 Å². The zero-order chi connectivity index (χ0) is 11.5. The minimum Gasteiger partial charge on any atom is -0.0654 e. The van der Waals surface area contributed by atoms with Crippen LogP contribution in [0.5, 0.6) is 0 Å². The molecular formula is C15H32. The molecule has 0 spiro atoms. The molecule has 0 heteroatoms. The van der Waals surface area contributed by atoms with Gasteiger partial charge in [-0.3, -0.25) is 0 Å². The molecule has 0 aliphatic rings. The molecule has 0 radical (unpaired) electrons. The lowest BCUT2D eigenvalue weighted by Crippen LogP contribution is -2.13. The highest BCUT2D eigenvalue weighted by molar-refractivity contribution is 4.68. The molecule has 0 aliphatic carbocycles. The summed E-state index contributed by atoms with van der Waals surface area (Å²) < 4.78 is 0. The first-order valence-electron chi connectivity index (χ1n) is 7.29. The van der Waals surface area contributed by atoms with Crippen molar-refractivity contribution in [3.05, 3.63) is 0 Å². The van der Waals surface area contributed by atoms with Gasteiger partial charge >= 0.3 is 0 Å². The lowest BCUT2D eigenvalue weighted by atomic mass is 9.81. The summed E-state index contributed by atoms with van der Waals surface area (Å²) in [6, 6.07) is 0. The Hall–Kier alpha value is 0. The maximum atomic E-state index is 2.38. The zero-order valence-corrected chi connectivity index (χ0v) is 11.5. The second-order valence-corrected chi connectivity index (χ2v) is 4.97. The van der Waals surface area contributed by atoms with E-state index in [2.05, 4.69) is 27.7 Å². The number of rotatable bonds is 10. The van der Waals surface area contributed by atoms with Gasteiger partial charge in [-0.15, -0.1) is 0 Å². The molecule has 0 aromatic carbocycles. The van der Waals surface area contributed by atoms with E-state index < -0.39 is 0 Å². The van der Waals surface area contributed by atoms with Gasteiger partial charge in [0.05, 0.1) is 0 Å². The number of hydrogen-bond donors (Lipinski definition) is 0. The molecule has 0 nitrogen and oxygen atoms in total. The summed E-state index contributed by atoms with van der Waals surface area (Å²) in [5, 5.41) is 0. The molecule has 0 amide bonds. The van der Waals surface area contributed by atoms with E-state index in [4.69, 9.17) is 0 Å². The third kappa shape index (κ3) is 6.98. The van der Waals surface area contributed by atoms with Gasteiger partial charge < -0.3 is 0 Å². The predicted octanol–water partition coefficient (Wildman–Crippen LogP) is 5.81. The van der Waals surface area contributed by atoms with Crippen LogP contribution in [0.4, 0.5) is 0 Å². The molecule has 0 aromatic rings. The lowest BCUT2D eigenvalue weighted by Gasteiger charge is -2.25. The van der Waals surface area contributed by atoms with Crippen molar-refractivity contribution in [2.24, 2.45) is 11.8 Å². The molecular weight excluding hydrogens is 180 g/mol. The van der Waals surface area contributed by atoms with Crippen LogP contribution in [0.1, 0.15) is 85.5 Å². The van der Waals surface area contributed by atoms with Crippen LogP contribution in [0.3, 0.4) is 0 Å². The van der Waals surface area contributed by atoms with Crippen molar-refractivity contribution in [2.45, 2.75) is 85.5 Å². The van der Waals surface area contributed by atoms with Gasteiger partial charge in [-0.1, -0.05) is 85.5 Å². The van der Waals surface area contributed by atoms with Crippen LogP contribution in [0.25, 0.3) is 0 Å². The fourth-order valence-corrected chi connectivity index (χ4v) is 2.67. The normalized spacial score (nSPS) is 15.2. The maximum absolute atomic E-state index is 2.38. The molecule has 92 valence electrons. The lowest BCUT2D eigenvalue weighted by molar-refractivity contribution is 0.265. The van der Waals surface area contributed by atoms with Gasteiger partial charge in [0.1, 0.15) is 0 Å². The standard InChI is InChI=1S/C15H32/c1-5-9-11-13-15(8-4)14(7-3)12-10-6-2/h14-15H,5-13H2,1-4H3. The van der Waals surface area contributed by atoms with Crippen molar-refractivity contribution in [3.63, 3.8) is 0 Å². The van der Waals surface area contributed by atoms with Crippen LogP contribution in [0, 0.1) is 11.8 Å². The molecule has 0 aliphatic heterocycles. The predicted molar refractivity (Wildman–Crippen MR) is 71.2 cm³/mol. The number of hydrogen-bond acceptors (Lipinski definition) is 0. The largest absolute Gasteiger partial charge is 0.0654 e. The van der Waals surface area contributed by atoms with Crippen LogP contribution >= 0.6 is 0 Å². The van der Waals surface area contributed by atoms with Gasteiger partial charge in [0.25, 0.3) is 0 Å². The van der Waals surface area contributed by atoms with E-state index in [0.29, 0.717) is 0 Å². The summed E-state index contributed by atoms with van der Waals surface area (Å²) in [5.74, 6) is 2.01. The van der Waals surface area contributed by atoms with Crippen molar-refractivity contribution in [2.75, 3.05) is 0 Å². The number of unbranched alkanes of at least 4 members (excludes halogenated alkanes) is 3. The summed E-state index contributed by atoms with van der Waals surface area (Å²) in [7, 11) is 0. The summed E-state index contributed by atoms with van der Waals surface area (Å²) in [6.07, 6.45) is 12.8. The fraction of sp³-hybridized carbons (Fsp3) is 1.00. The van der Waals surface area contributed by atoms with E-state index in [1.165, 1.54) is 57.8 Å². The van der Waals surface area contributed by atoms with Gasteiger partial charge in [0.2, 0.25) is 0 Å². The molecule has 0 rings (SSSR count). The van der Waals surface area contributed by atoms with Gasteiger partial charge in [-0.2, -0.15) is 0 Å². The topological polar surface area (TPSA) is 0 Å². The highest BCUT2D eigenvalue weighted by atomic mass is 14.2. The maximum Gasteiger partial charge on any atom is -0.0389 e. The minimum absolute atomic E-state index is 1.01. The third-order valence-electron chi connectivity index (χ3n) is 3.82. The fourth-order valence-electron chi connectivity index (χ4n) is 2.67. The van der Waals surface area contributed by atoms with E-state index >= 15 is 0 Å². The molecule has 0 saturated carbocycles. The van der Waals surface area contributed by atoms with E-state index in [0.717, 1.165) is 11.8 Å². The van der Waals surface area contributed by atoms with Crippen LogP contribution in [0.15, 0.2) is 0 Å². The Kier molecular flexibility index (Phi) is 10.5. The van der Waals surface area contributed by atoms with Crippen LogP contribution in [0.2, 0.25) is 0 Å². The SMILES string of the molecule is CCCCCC(CC)C(CC)CCCC. The first-order chi connectivity index (χ1) is 7.29. The molecule has 0 N–H and O–H groups in total. The summed E-state index contributed by atoms with van der Waals surface area (Å²) in [6.45, 7) is 9.37. The van der Waals surface area contributed by atoms with Gasteiger partial charge in [0.15, 0.2) is 0 Å².